The second-order valence-electron chi connectivity index (χ2n) is 5.06. The third kappa shape index (κ3) is 4.43. The van der Waals surface area contributed by atoms with Gasteiger partial charge < -0.3 is 10.6 Å². The fraction of sp³-hybridized carbons (Fsp3) is 0.176. The minimum Gasteiger partial charge on any atom is -0.343 e. The predicted molar refractivity (Wildman–Crippen MR) is 91.0 cm³/mol. The molecule has 2 aromatic carbocycles. The van der Waals surface area contributed by atoms with Crippen molar-refractivity contribution in [2.45, 2.75) is 13.8 Å². The number of hydrogen-bond acceptors (Lipinski definition) is 2. The van der Waals surface area contributed by atoms with Crippen LogP contribution >= 0.6 is 15.9 Å². The number of rotatable bonds is 4. The van der Waals surface area contributed by atoms with E-state index in [0.29, 0.717) is 5.56 Å². The van der Waals surface area contributed by atoms with Gasteiger partial charge in [0.2, 0.25) is 5.91 Å². The third-order valence-corrected chi connectivity index (χ3v) is 3.66. The summed E-state index contributed by atoms with van der Waals surface area (Å²) in [4.78, 5) is 23.9. The summed E-state index contributed by atoms with van der Waals surface area (Å²) in [6, 6.07) is 12.9. The zero-order valence-corrected chi connectivity index (χ0v) is 14.0. The molecule has 0 aliphatic rings. The van der Waals surface area contributed by atoms with E-state index >= 15 is 0 Å². The van der Waals surface area contributed by atoms with E-state index in [1.54, 1.807) is 18.2 Å². The van der Waals surface area contributed by atoms with Crippen molar-refractivity contribution in [2.24, 2.45) is 0 Å². The maximum absolute atomic E-state index is 12.0. The molecule has 0 aliphatic carbocycles. The maximum atomic E-state index is 12.0. The molecule has 5 heteroatoms. The fourth-order valence-corrected chi connectivity index (χ4v) is 2.36. The standard InChI is InChI=1S/C17H17BrN2O2/c1-11-6-7-12(2)15(8-11)20-16(21)10-19-17(22)13-4-3-5-14(18)9-13/h3-9H,10H2,1-2H3,(H,19,22)(H,20,21). The molecule has 0 saturated carbocycles. The number of carbonyl (C=O) groups is 2. The highest BCUT2D eigenvalue weighted by Gasteiger charge is 2.09. The van der Waals surface area contributed by atoms with Crippen molar-refractivity contribution in [3.8, 4) is 0 Å². The van der Waals surface area contributed by atoms with E-state index < -0.39 is 0 Å². The number of hydrogen-bond donors (Lipinski definition) is 2. The maximum Gasteiger partial charge on any atom is 0.251 e. The van der Waals surface area contributed by atoms with Crippen LogP contribution in [-0.4, -0.2) is 18.4 Å². The van der Waals surface area contributed by atoms with Crippen molar-refractivity contribution >= 4 is 33.4 Å². The molecule has 0 heterocycles. The molecule has 4 nitrogen and oxygen atoms in total. The third-order valence-electron chi connectivity index (χ3n) is 3.16. The van der Waals surface area contributed by atoms with Gasteiger partial charge in [-0.05, 0) is 49.2 Å². The SMILES string of the molecule is Cc1ccc(C)c(NC(=O)CNC(=O)c2cccc(Br)c2)c1. The number of amides is 2. The normalized spacial score (nSPS) is 10.1. The first kappa shape index (κ1) is 16.2. The Labute approximate surface area is 138 Å². The van der Waals surface area contributed by atoms with E-state index in [-0.39, 0.29) is 18.4 Å². The molecule has 22 heavy (non-hydrogen) atoms. The summed E-state index contributed by atoms with van der Waals surface area (Å²) < 4.78 is 0.819. The van der Waals surface area contributed by atoms with Gasteiger partial charge in [-0.1, -0.05) is 34.1 Å². The van der Waals surface area contributed by atoms with E-state index in [1.807, 2.05) is 38.1 Å². The van der Waals surface area contributed by atoms with Crippen molar-refractivity contribution in [3.63, 3.8) is 0 Å². The van der Waals surface area contributed by atoms with Crippen molar-refractivity contribution in [1.29, 1.82) is 0 Å². The van der Waals surface area contributed by atoms with E-state index in [9.17, 15) is 9.59 Å². The second-order valence-corrected chi connectivity index (χ2v) is 5.98. The summed E-state index contributed by atoms with van der Waals surface area (Å²) in [7, 11) is 0. The predicted octanol–water partition coefficient (Wildman–Crippen LogP) is 3.43. The van der Waals surface area contributed by atoms with Gasteiger partial charge in [0, 0.05) is 15.7 Å². The molecule has 0 unspecified atom stereocenters. The molecule has 0 bridgehead atoms. The molecular formula is C17H17BrN2O2. The smallest absolute Gasteiger partial charge is 0.251 e. The number of carbonyl (C=O) groups excluding carboxylic acids is 2. The van der Waals surface area contributed by atoms with Gasteiger partial charge in [-0.15, -0.1) is 0 Å². The van der Waals surface area contributed by atoms with Gasteiger partial charge in [-0.3, -0.25) is 9.59 Å². The first-order valence-electron chi connectivity index (χ1n) is 6.86. The van der Waals surface area contributed by atoms with Gasteiger partial charge in [0.15, 0.2) is 0 Å². The van der Waals surface area contributed by atoms with Crippen molar-refractivity contribution in [1.82, 2.24) is 5.32 Å². The van der Waals surface area contributed by atoms with E-state index in [4.69, 9.17) is 0 Å². The van der Waals surface area contributed by atoms with Crippen LogP contribution < -0.4 is 10.6 Å². The number of benzene rings is 2. The lowest BCUT2D eigenvalue weighted by Crippen LogP contribution is -2.33. The molecule has 0 saturated heterocycles. The lowest BCUT2D eigenvalue weighted by Gasteiger charge is -2.10. The first-order valence-corrected chi connectivity index (χ1v) is 7.66. The average Bonchev–Trinajstić information content (AvgIpc) is 2.48. The average molecular weight is 361 g/mol. The van der Waals surface area contributed by atoms with Crippen LogP contribution in [0.4, 0.5) is 5.69 Å². The van der Waals surface area contributed by atoms with Crippen LogP contribution in [0.1, 0.15) is 21.5 Å². The lowest BCUT2D eigenvalue weighted by molar-refractivity contribution is -0.115. The molecule has 0 spiro atoms. The molecule has 0 aliphatic heterocycles. The Kier molecular flexibility index (Phi) is 5.33. The largest absolute Gasteiger partial charge is 0.343 e. The van der Waals surface area contributed by atoms with E-state index in [0.717, 1.165) is 21.3 Å². The first-order chi connectivity index (χ1) is 10.5. The molecule has 0 aromatic heterocycles. The van der Waals surface area contributed by atoms with E-state index in [2.05, 4.69) is 26.6 Å². The second kappa shape index (κ2) is 7.22. The van der Waals surface area contributed by atoms with Gasteiger partial charge in [0.1, 0.15) is 0 Å². The summed E-state index contributed by atoms with van der Waals surface area (Å²) in [5.74, 6) is -0.533. The number of aryl methyl sites for hydroxylation is 2. The van der Waals surface area contributed by atoms with Crippen LogP contribution in [0, 0.1) is 13.8 Å². The van der Waals surface area contributed by atoms with E-state index in [1.165, 1.54) is 0 Å². The Balaban J connectivity index is 1.93. The molecule has 114 valence electrons. The lowest BCUT2D eigenvalue weighted by atomic mass is 10.1. The minimum absolute atomic E-state index is 0.0707. The Bertz CT molecular complexity index is 714. The summed E-state index contributed by atoms with van der Waals surface area (Å²) in [6.07, 6.45) is 0. The van der Waals surface area contributed by atoms with Crippen LogP contribution in [0.3, 0.4) is 0 Å². The zero-order valence-electron chi connectivity index (χ0n) is 12.4. The number of nitrogens with one attached hydrogen (secondary N) is 2. The molecule has 0 fully saturated rings. The topological polar surface area (TPSA) is 58.2 Å². The Morgan fingerprint density at radius 1 is 1.09 bits per heavy atom. The summed E-state index contributed by atoms with van der Waals surface area (Å²) >= 11 is 3.31. The van der Waals surface area contributed by atoms with Crippen molar-refractivity contribution < 1.29 is 9.59 Å². The van der Waals surface area contributed by atoms with Crippen LogP contribution in [0.5, 0.6) is 0 Å². The van der Waals surface area contributed by atoms with Crippen LogP contribution in [0.15, 0.2) is 46.9 Å². The summed E-state index contributed by atoms with van der Waals surface area (Å²) in [5.41, 5.74) is 3.33. The van der Waals surface area contributed by atoms with Crippen molar-refractivity contribution in [3.05, 3.63) is 63.6 Å². The monoisotopic (exact) mass is 360 g/mol. The molecule has 2 amide bonds. The highest BCUT2D eigenvalue weighted by Crippen LogP contribution is 2.16. The van der Waals surface area contributed by atoms with Crippen LogP contribution in [-0.2, 0) is 4.79 Å². The zero-order chi connectivity index (χ0) is 16.1. The van der Waals surface area contributed by atoms with Crippen LogP contribution in [0.25, 0.3) is 0 Å². The number of halogens is 1. The van der Waals surface area contributed by atoms with Crippen molar-refractivity contribution in [2.75, 3.05) is 11.9 Å². The molecular weight excluding hydrogens is 344 g/mol. The molecule has 0 atom stereocenters. The Morgan fingerprint density at radius 3 is 2.59 bits per heavy atom. The quantitative estimate of drug-likeness (QED) is 0.877. The summed E-state index contributed by atoms with van der Waals surface area (Å²) in [6.45, 7) is 3.82. The van der Waals surface area contributed by atoms with Gasteiger partial charge in [0.25, 0.3) is 5.91 Å². The minimum atomic E-state index is -0.280. The molecule has 2 rings (SSSR count). The van der Waals surface area contributed by atoms with Gasteiger partial charge in [-0.25, -0.2) is 0 Å². The molecule has 2 N–H and O–H groups in total. The highest BCUT2D eigenvalue weighted by atomic mass is 79.9. The fourth-order valence-electron chi connectivity index (χ4n) is 1.96. The van der Waals surface area contributed by atoms with Gasteiger partial charge >= 0.3 is 0 Å². The highest BCUT2D eigenvalue weighted by molar-refractivity contribution is 9.10. The Hall–Kier alpha value is -2.14. The van der Waals surface area contributed by atoms with Gasteiger partial charge in [-0.2, -0.15) is 0 Å². The van der Waals surface area contributed by atoms with Gasteiger partial charge in [0.05, 0.1) is 6.54 Å². The number of anilines is 1. The molecule has 2 aromatic rings. The Morgan fingerprint density at radius 2 is 1.86 bits per heavy atom. The summed E-state index contributed by atoms with van der Waals surface area (Å²) in [5, 5.41) is 5.41. The molecule has 0 radical (unpaired) electrons. The van der Waals surface area contributed by atoms with Crippen LogP contribution in [0.2, 0.25) is 0 Å².